The number of hydrogen-bond donors (Lipinski definition) is 1. The van der Waals surface area contributed by atoms with E-state index in [0.29, 0.717) is 13.2 Å². The van der Waals surface area contributed by atoms with Crippen molar-refractivity contribution in [3.63, 3.8) is 0 Å². The minimum absolute atomic E-state index is 0.279. The van der Waals surface area contributed by atoms with Crippen LogP contribution in [-0.2, 0) is 32.2 Å². The Morgan fingerprint density at radius 1 is 0.733 bits per heavy atom. The Hall–Kier alpha value is -1.76. The summed E-state index contributed by atoms with van der Waals surface area (Å²) in [6, 6.07) is 19.6. The Morgan fingerprint density at radius 2 is 1.30 bits per heavy atom. The number of hydrogen-bond acceptors (Lipinski definition) is 5. The third-order valence-electron chi connectivity index (χ3n) is 4.68. The molecule has 0 heterocycles. The van der Waals surface area contributed by atoms with Gasteiger partial charge in [0.05, 0.1) is 13.2 Å². The molecule has 1 N–H and O–H groups in total. The average Bonchev–Trinajstić information content (AvgIpc) is 2.79. The Morgan fingerprint density at radius 3 is 1.90 bits per heavy atom. The summed E-state index contributed by atoms with van der Waals surface area (Å²) in [6.07, 6.45) is 2.97. The highest BCUT2D eigenvalue weighted by Gasteiger charge is 2.24. The van der Waals surface area contributed by atoms with Gasteiger partial charge in [0.1, 0.15) is 0 Å². The standard InChI is InChI=1S/C25H36O5/c1-3-4-5-6-13-18-27-25(24(26)29-20-23-16-11-8-12-17-23)30-21(2)28-19-22-14-9-7-10-15-22/h7-12,14-17,21,24-26H,3-6,13,18-20H2,1-2H3/t21?,24-,25?/m1/s1. The molecule has 0 radical (unpaired) electrons. The topological polar surface area (TPSA) is 57.2 Å². The summed E-state index contributed by atoms with van der Waals surface area (Å²) in [6.45, 7) is 5.20. The number of aliphatic hydroxyl groups is 1. The van der Waals surface area contributed by atoms with Gasteiger partial charge in [0.25, 0.3) is 0 Å². The van der Waals surface area contributed by atoms with Crippen LogP contribution >= 0.6 is 0 Å². The van der Waals surface area contributed by atoms with Crippen molar-refractivity contribution in [1.82, 2.24) is 0 Å². The van der Waals surface area contributed by atoms with E-state index in [1.807, 2.05) is 60.7 Å². The second-order valence-corrected chi connectivity index (χ2v) is 7.34. The summed E-state index contributed by atoms with van der Waals surface area (Å²) in [4.78, 5) is 0. The van der Waals surface area contributed by atoms with E-state index in [-0.39, 0.29) is 6.61 Å². The zero-order chi connectivity index (χ0) is 21.4. The molecule has 0 saturated heterocycles. The van der Waals surface area contributed by atoms with Crippen molar-refractivity contribution >= 4 is 0 Å². The van der Waals surface area contributed by atoms with Crippen LogP contribution in [0.2, 0.25) is 0 Å². The van der Waals surface area contributed by atoms with Crippen molar-refractivity contribution in [2.24, 2.45) is 0 Å². The molecular formula is C25H36O5. The fourth-order valence-electron chi connectivity index (χ4n) is 2.94. The van der Waals surface area contributed by atoms with Gasteiger partial charge in [-0.3, -0.25) is 0 Å². The van der Waals surface area contributed by atoms with E-state index in [0.717, 1.165) is 24.0 Å². The lowest BCUT2D eigenvalue weighted by Gasteiger charge is -2.26. The van der Waals surface area contributed by atoms with Crippen LogP contribution in [0.25, 0.3) is 0 Å². The fourth-order valence-corrected chi connectivity index (χ4v) is 2.94. The quantitative estimate of drug-likeness (QED) is 0.293. The van der Waals surface area contributed by atoms with Crippen LogP contribution in [0.4, 0.5) is 0 Å². The highest BCUT2D eigenvalue weighted by molar-refractivity contribution is 5.14. The van der Waals surface area contributed by atoms with Gasteiger partial charge in [-0.25, -0.2) is 0 Å². The van der Waals surface area contributed by atoms with Crippen LogP contribution in [0.5, 0.6) is 0 Å². The molecule has 2 aromatic rings. The molecule has 0 aliphatic heterocycles. The number of rotatable bonds is 16. The molecule has 0 bridgehead atoms. The summed E-state index contributed by atoms with van der Waals surface area (Å²) >= 11 is 0. The van der Waals surface area contributed by atoms with Gasteiger partial charge < -0.3 is 24.1 Å². The molecule has 0 amide bonds. The number of ether oxygens (including phenoxy) is 4. The molecule has 30 heavy (non-hydrogen) atoms. The molecule has 0 saturated carbocycles. The maximum Gasteiger partial charge on any atom is 0.211 e. The largest absolute Gasteiger partial charge is 0.364 e. The minimum Gasteiger partial charge on any atom is -0.364 e. The van der Waals surface area contributed by atoms with Crippen molar-refractivity contribution in [3.05, 3.63) is 71.8 Å². The molecule has 2 unspecified atom stereocenters. The highest BCUT2D eigenvalue weighted by atomic mass is 16.8. The summed E-state index contributed by atoms with van der Waals surface area (Å²) in [7, 11) is 0. The van der Waals surface area contributed by atoms with E-state index >= 15 is 0 Å². The van der Waals surface area contributed by atoms with Crippen LogP contribution in [0, 0.1) is 0 Å². The lowest BCUT2D eigenvalue weighted by molar-refractivity contribution is -0.317. The first-order chi connectivity index (χ1) is 14.7. The first-order valence-corrected chi connectivity index (χ1v) is 10.9. The van der Waals surface area contributed by atoms with Crippen molar-refractivity contribution in [2.45, 2.75) is 78.0 Å². The smallest absolute Gasteiger partial charge is 0.211 e. The first-order valence-electron chi connectivity index (χ1n) is 10.9. The number of aliphatic hydroxyl groups excluding tert-OH is 1. The van der Waals surface area contributed by atoms with Crippen molar-refractivity contribution in [1.29, 1.82) is 0 Å². The summed E-state index contributed by atoms with van der Waals surface area (Å²) in [5.41, 5.74) is 2.03. The molecule has 0 spiro atoms. The van der Waals surface area contributed by atoms with Gasteiger partial charge in [-0.2, -0.15) is 0 Å². The summed E-state index contributed by atoms with van der Waals surface area (Å²) < 4.78 is 23.0. The van der Waals surface area contributed by atoms with Crippen LogP contribution < -0.4 is 0 Å². The van der Waals surface area contributed by atoms with E-state index in [1.54, 1.807) is 6.92 Å². The molecule has 3 atom stereocenters. The van der Waals surface area contributed by atoms with Gasteiger partial charge in [-0.05, 0) is 24.5 Å². The molecule has 2 aromatic carbocycles. The molecule has 0 aliphatic carbocycles. The van der Waals surface area contributed by atoms with E-state index in [4.69, 9.17) is 18.9 Å². The first kappa shape index (κ1) is 24.5. The Kier molecular flexibility index (Phi) is 12.3. The predicted molar refractivity (Wildman–Crippen MR) is 118 cm³/mol. The molecule has 166 valence electrons. The summed E-state index contributed by atoms with van der Waals surface area (Å²) in [5, 5.41) is 10.5. The van der Waals surface area contributed by atoms with Gasteiger partial charge in [0, 0.05) is 6.61 Å². The molecule has 0 fully saturated rings. The van der Waals surface area contributed by atoms with Gasteiger partial charge in [0.15, 0.2) is 6.29 Å². The predicted octanol–water partition coefficient (Wildman–Crippen LogP) is 5.41. The lowest BCUT2D eigenvalue weighted by Crippen LogP contribution is -2.37. The van der Waals surface area contributed by atoms with E-state index in [2.05, 4.69) is 6.92 Å². The Balaban J connectivity index is 1.81. The number of benzene rings is 2. The van der Waals surface area contributed by atoms with Gasteiger partial charge in [-0.15, -0.1) is 0 Å². The Labute approximate surface area is 180 Å². The summed E-state index contributed by atoms with van der Waals surface area (Å²) in [5.74, 6) is 0. The van der Waals surface area contributed by atoms with Crippen LogP contribution in [0.15, 0.2) is 60.7 Å². The SMILES string of the molecule is CCCCCCCOC(OC(C)OCc1ccccc1)[C@H](O)OCc1ccccc1. The van der Waals surface area contributed by atoms with E-state index in [1.165, 1.54) is 19.3 Å². The van der Waals surface area contributed by atoms with Crippen LogP contribution in [0.1, 0.15) is 57.1 Å². The number of unbranched alkanes of at least 4 members (excludes halogenated alkanes) is 4. The Bertz CT molecular complexity index is 649. The van der Waals surface area contributed by atoms with Gasteiger partial charge in [-0.1, -0.05) is 93.3 Å². The van der Waals surface area contributed by atoms with Crippen LogP contribution in [-0.4, -0.2) is 30.6 Å². The van der Waals surface area contributed by atoms with Gasteiger partial charge in [0.2, 0.25) is 12.6 Å². The zero-order valence-corrected chi connectivity index (χ0v) is 18.2. The van der Waals surface area contributed by atoms with Crippen molar-refractivity contribution < 1.29 is 24.1 Å². The normalized spacial score (nSPS) is 14.4. The molecule has 5 nitrogen and oxygen atoms in total. The molecule has 5 heteroatoms. The second-order valence-electron chi connectivity index (χ2n) is 7.34. The van der Waals surface area contributed by atoms with E-state index < -0.39 is 18.9 Å². The maximum atomic E-state index is 10.5. The molecule has 2 rings (SSSR count). The minimum atomic E-state index is -1.20. The lowest BCUT2D eigenvalue weighted by atomic mass is 10.2. The van der Waals surface area contributed by atoms with Gasteiger partial charge >= 0.3 is 0 Å². The molecule has 0 aromatic heterocycles. The zero-order valence-electron chi connectivity index (χ0n) is 18.2. The van der Waals surface area contributed by atoms with Crippen LogP contribution in [0.3, 0.4) is 0 Å². The average molecular weight is 417 g/mol. The maximum absolute atomic E-state index is 10.5. The third-order valence-corrected chi connectivity index (χ3v) is 4.68. The van der Waals surface area contributed by atoms with Crippen molar-refractivity contribution in [3.8, 4) is 0 Å². The molecule has 0 aliphatic rings. The second kappa shape index (κ2) is 15.1. The van der Waals surface area contributed by atoms with Crippen molar-refractivity contribution in [2.75, 3.05) is 6.61 Å². The molecular weight excluding hydrogens is 380 g/mol. The van der Waals surface area contributed by atoms with E-state index in [9.17, 15) is 5.11 Å². The third kappa shape index (κ3) is 10.3. The fraction of sp³-hybridized carbons (Fsp3) is 0.520. The highest BCUT2D eigenvalue weighted by Crippen LogP contribution is 2.14. The monoisotopic (exact) mass is 416 g/mol.